The van der Waals surface area contributed by atoms with Gasteiger partial charge in [0.25, 0.3) is 0 Å². The Morgan fingerprint density at radius 1 is 0.225 bits per heavy atom. The van der Waals surface area contributed by atoms with Crippen molar-refractivity contribution in [3.63, 3.8) is 0 Å². The van der Waals surface area contributed by atoms with E-state index in [1.165, 1.54) is 231 Å². The molecule has 0 N–H and O–H groups in total. The van der Waals surface area contributed by atoms with Gasteiger partial charge in [-0.2, -0.15) is 0 Å². The van der Waals surface area contributed by atoms with Crippen molar-refractivity contribution in [2.75, 3.05) is 0 Å². The third-order valence-corrected chi connectivity index (χ3v) is 9.60. The Hall–Kier alpha value is 0. The van der Waals surface area contributed by atoms with E-state index < -0.39 is 0 Å². The average Bonchev–Trinajstić information content (AvgIpc) is 2.96. The monoisotopic (exact) mass is 563 g/mol. The number of unbranched alkanes of at least 4 members (excludes halogenated alkanes) is 32. The van der Waals surface area contributed by atoms with Crippen LogP contribution in [0.15, 0.2) is 0 Å². The van der Waals surface area contributed by atoms with Crippen LogP contribution in [0.25, 0.3) is 0 Å². The number of hydrogen-bond donors (Lipinski definition) is 0. The van der Waals surface area contributed by atoms with E-state index in [2.05, 4.69) is 20.8 Å². The summed E-state index contributed by atoms with van der Waals surface area (Å²) in [6, 6.07) is 0. The summed E-state index contributed by atoms with van der Waals surface area (Å²) in [5.41, 5.74) is 0. The molecule has 0 fully saturated rings. The van der Waals surface area contributed by atoms with E-state index >= 15 is 0 Å². The second kappa shape index (κ2) is 37.0. The zero-order chi connectivity index (χ0) is 29.0. The molecule has 1 unspecified atom stereocenters. The third kappa shape index (κ3) is 36.0. The van der Waals surface area contributed by atoms with Gasteiger partial charge in [-0.25, -0.2) is 0 Å². The fourth-order valence-corrected chi connectivity index (χ4v) is 6.58. The summed E-state index contributed by atoms with van der Waals surface area (Å²) in [4.78, 5) is 0. The lowest BCUT2D eigenvalue weighted by Crippen LogP contribution is -1.95. The van der Waals surface area contributed by atoms with Gasteiger partial charge in [0.05, 0.1) is 0 Å². The molecule has 1 atom stereocenters. The highest BCUT2D eigenvalue weighted by atomic mass is 14.1. The average molecular weight is 563 g/mol. The predicted octanol–water partition coefficient (Wildman–Crippen LogP) is 15.7. The van der Waals surface area contributed by atoms with Crippen molar-refractivity contribution in [1.82, 2.24) is 0 Å². The van der Waals surface area contributed by atoms with Gasteiger partial charge in [-0.15, -0.1) is 0 Å². The molecular formula is C40H82. The van der Waals surface area contributed by atoms with Gasteiger partial charge >= 0.3 is 0 Å². The van der Waals surface area contributed by atoms with E-state index in [-0.39, 0.29) is 0 Å². The Morgan fingerprint density at radius 2 is 0.375 bits per heavy atom. The Kier molecular flexibility index (Phi) is 37.0. The molecule has 242 valence electrons. The van der Waals surface area contributed by atoms with Crippen LogP contribution in [0.2, 0.25) is 0 Å². The molecule has 0 heterocycles. The fourth-order valence-electron chi connectivity index (χ4n) is 6.58. The molecule has 0 spiro atoms. The Bertz CT molecular complexity index is 412. The third-order valence-electron chi connectivity index (χ3n) is 9.60. The van der Waals surface area contributed by atoms with Crippen molar-refractivity contribution < 1.29 is 0 Å². The molecule has 40 heavy (non-hydrogen) atoms. The maximum Gasteiger partial charge on any atom is -0.0443 e. The summed E-state index contributed by atoms with van der Waals surface area (Å²) in [5.74, 6) is 0.965. The highest BCUT2D eigenvalue weighted by molar-refractivity contribution is 4.57. The van der Waals surface area contributed by atoms with E-state index in [1.807, 2.05) is 0 Å². The lowest BCUT2D eigenvalue weighted by molar-refractivity contribution is 0.429. The zero-order valence-electron chi connectivity index (χ0n) is 29.0. The van der Waals surface area contributed by atoms with Crippen molar-refractivity contribution in [3.05, 3.63) is 0 Å². The van der Waals surface area contributed by atoms with Gasteiger partial charge in [0.1, 0.15) is 0 Å². The molecule has 0 aliphatic carbocycles. The van der Waals surface area contributed by atoms with Gasteiger partial charge in [-0.1, -0.05) is 252 Å². The smallest absolute Gasteiger partial charge is 0.0443 e. The molecule has 0 nitrogen and oxygen atoms in total. The minimum Gasteiger partial charge on any atom is -0.0654 e. The van der Waals surface area contributed by atoms with E-state index in [0.717, 1.165) is 5.92 Å². The van der Waals surface area contributed by atoms with Crippen molar-refractivity contribution in [2.24, 2.45) is 5.92 Å². The minimum atomic E-state index is 0.965. The Labute approximate surface area is 257 Å². The second-order valence-corrected chi connectivity index (χ2v) is 14.0. The molecule has 0 radical (unpaired) electrons. The molecule has 0 saturated heterocycles. The minimum absolute atomic E-state index is 0.965. The normalized spacial score (nSPS) is 12.4. The van der Waals surface area contributed by atoms with Crippen LogP contribution in [0.1, 0.15) is 252 Å². The molecule has 0 aliphatic heterocycles. The molecule has 0 bridgehead atoms. The first-order valence-corrected chi connectivity index (χ1v) is 19.8. The summed E-state index contributed by atoms with van der Waals surface area (Å²) < 4.78 is 0. The fraction of sp³-hybridized carbons (Fsp3) is 1.00. The van der Waals surface area contributed by atoms with E-state index in [1.54, 1.807) is 0 Å². The highest BCUT2D eigenvalue weighted by Crippen LogP contribution is 2.20. The molecule has 0 saturated carbocycles. The SMILES string of the molecule is CCCCCCCCCCCCCCCCCCCCC(C)CCCCCCCCCCCCCCCCCC. The summed E-state index contributed by atoms with van der Waals surface area (Å²) in [6.45, 7) is 7.13. The van der Waals surface area contributed by atoms with E-state index in [4.69, 9.17) is 0 Å². The van der Waals surface area contributed by atoms with Gasteiger partial charge in [0.15, 0.2) is 0 Å². The van der Waals surface area contributed by atoms with E-state index in [0.29, 0.717) is 0 Å². The van der Waals surface area contributed by atoms with Crippen LogP contribution in [-0.2, 0) is 0 Å². The lowest BCUT2D eigenvalue weighted by Gasteiger charge is -2.11. The van der Waals surface area contributed by atoms with Gasteiger partial charge in [-0.3, -0.25) is 0 Å². The first-order chi connectivity index (χ1) is 19.8. The summed E-state index contributed by atoms with van der Waals surface area (Å²) in [6.07, 6.45) is 53.2. The van der Waals surface area contributed by atoms with Crippen molar-refractivity contribution in [1.29, 1.82) is 0 Å². The van der Waals surface area contributed by atoms with Crippen LogP contribution in [-0.4, -0.2) is 0 Å². The molecule has 0 amide bonds. The summed E-state index contributed by atoms with van der Waals surface area (Å²) >= 11 is 0. The standard InChI is InChI=1S/C40H82/c1-4-6-8-10-12-14-16-18-20-22-23-25-27-29-31-33-35-37-39-40(3)38-36-34-32-30-28-26-24-21-19-17-15-13-11-9-7-5-2/h40H,4-39H2,1-3H3. The van der Waals surface area contributed by atoms with Crippen molar-refractivity contribution >= 4 is 0 Å². The molecular weight excluding hydrogens is 480 g/mol. The van der Waals surface area contributed by atoms with Gasteiger partial charge < -0.3 is 0 Å². The maximum atomic E-state index is 2.51. The lowest BCUT2D eigenvalue weighted by atomic mass is 9.95. The molecule has 0 aliphatic rings. The van der Waals surface area contributed by atoms with Crippen LogP contribution in [0, 0.1) is 5.92 Å². The summed E-state index contributed by atoms with van der Waals surface area (Å²) in [7, 11) is 0. The van der Waals surface area contributed by atoms with Crippen LogP contribution < -0.4 is 0 Å². The second-order valence-electron chi connectivity index (χ2n) is 14.0. The Balaban J connectivity index is 3.13. The predicted molar refractivity (Wildman–Crippen MR) is 187 cm³/mol. The molecule has 0 aromatic rings. The van der Waals surface area contributed by atoms with Crippen LogP contribution in [0.5, 0.6) is 0 Å². The zero-order valence-corrected chi connectivity index (χ0v) is 29.0. The van der Waals surface area contributed by atoms with Gasteiger partial charge in [0, 0.05) is 0 Å². The topological polar surface area (TPSA) is 0 Å². The van der Waals surface area contributed by atoms with Crippen LogP contribution >= 0.6 is 0 Å². The van der Waals surface area contributed by atoms with Crippen LogP contribution in [0.4, 0.5) is 0 Å². The largest absolute Gasteiger partial charge is 0.0654 e. The Morgan fingerprint density at radius 3 is 0.550 bits per heavy atom. The molecule has 0 aromatic carbocycles. The van der Waals surface area contributed by atoms with Crippen molar-refractivity contribution in [3.8, 4) is 0 Å². The van der Waals surface area contributed by atoms with E-state index in [9.17, 15) is 0 Å². The number of hydrogen-bond acceptors (Lipinski definition) is 0. The first kappa shape index (κ1) is 40.0. The molecule has 0 heteroatoms. The van der Waals surface area contributed by atoms with Crippen LogP contribution in [0.3, 0.4) is 0 Å². The summed E-state index contributed by atoms with van der Waals surface area (Å²) in [5, 5.41) is 0. The van der Waals surface area contributed by atoms with Gasteiger partial charge in [-0.05, 0) is 5.92 Å². The molecule has 0 aromatic heterocycles. The molecule has 0 rings (SSSR count). The van der Waals surface area contributed by atoms with Gasteiger partial charge in [0.2, 0.25) is 0 Å². The number of rotatable bonds is 36. The highest BCUT2D eigenvalue weighted by Gasteiger charge is 2.02. The van der Waals surface area contributed by atoms with Crippen molar-refractivity contribution in [2.45, 2.75) is 252 Å². The quantitative estimate of drug-likeness (QED) is 0.0666. The maximum absolute atomic E-state index is 2.51. The first-order valence-electron chi connectivity index (χ1n) is 19.8.